The fourth-order valence-electron chi connectivity index (χ4n) is 2.93. The van der Waals surface area contributed by atoms with Crippen LogP contribution in [0.25, 0.3) is 0 Å². The van der Waals surface area contributed by atoms with Crippen LogP contribution in [0.2, 0.25) is 0 Å². The number of rotatable bonds is 10. The Balaban J connectivity index is 2.82. The van der Waals surface area contributed by atoms with E-state index < -0.39 is 17.4 Å². The van der Waals surface area contributed by atoms with Crippen LogP contribution in [-0.4, -0.2) is 58.1 Å². The summed E-state index contributed by atoms with van der Waals surface area (Å²) in [6.07, 6.45) is 3.35. The molecular weight excluding hydrogens is 346 g/mol. The second kappa shape index (κ2) is 9.88. The van der Waals surface area contributed by atoms with Gasteiger partial charge in [-0.15, -0.1) is 6.58 Å². The summed E-state index contributed by atoms with van der Waals surface area (Å²) in [7, 11) is 0. The van der Waals surface area contributed by atoms with Crippen LogP contribution in [0, 0.1) is 11.3 Å². The van der Waals surface area contributed by atoms with Crippen molar-refractivity contribution in [2.75, 3.05) is 13.1 Å². The Morgan fingerprint density at radius 2 is 1.74 bits per heavy atom. The molecule has 0 aromatic heterocycles. The average molecular weight is 382 g/mol. The van der Waals surface area contributed by atoms with Crippen molar-refractivity contribution in [3.8, 4) is 0 Å². The van der Waals surface area contributed by atoms with Crippen molar-refractivity contribution < 1.29 is 19.6 Å². The third-order valence-electron chi connectivity index (χ3n) is 4.33. The molecule has 1 aliphatic carbocycles. The third kappa shape index (κ3) is 7.71. The van der Waals surface area contributed by atoms with Gasteiger partial charge < -0.3 is 10.2 Å². The molecule has 154 valence electrons. The molecule has 7 heteroatoms. The molecule has 0 saturated heterocycles. The Morgan fingerprint density at radius 3 is 2.19 bits per heavy atom. The molecule has 0 aromatic rings. The molecule has 1 fully saturated rings. The van der Waals surface area contributed by atoms with E-state index in [1.807, 2.05) is 34.6 Å². The zero-order chi connectivity index (χ0) is 20.8. The first-order valence-electron chi connectivity index (χ1n) is 9.67. The molecule has 1 aliphatic rings. The van der Waals surface area contributed by atoms with Crippen LogP contribution >= 0.6 is 0 Å². The van der Waals surface area contributed by atoms with Gasteiger partial charge in [0.2, 0.25) is 17.7 Å². The summed E-state index contributed by atoms with van der Waals surface area (Å²) >= 11 is 0. The molecule has 1 atom stereocenters. The molecule has 0 bridgehead atoms. The SMILES string of the molecule is C=CCN(C(=O)CCC(=O)N(O)CC(C)C)C(C(=O)NC1CC1)C(C)(C)C. The van der Waals surface area contributed by atoms with E-state index in [1.54, 1.807) is 6.08 Å². The van der Waals surface area contributed by atoms with Gasteiger partial charge in [0.1, 0.15) is 6.04 Å². The number of amides is 3. The van der Waals surface area contributed by atoms with Gasteiger partial charge in [-0.25, -0.2) is 5.06 Å². The summed E-state index contributed by atoms with van der Waals surface area (Å²) in [6, 6.07) is -0.455. The van der Waals surface area contributed by atoms with E-state index >= 15 is 0 Å². The average Bonchev–Trinajstić information content (AvgIpc) is 3.33. The Hall–Kier alpha value is -1.89. The number of nitrogens with one attached hydrogen (secondary N) is 1. The molecule has 7 nitrogen and oxygen atoms in total. The zero-order valence-corrected chi connectivity index (χ0v) is 17.3. The Kier molecular flexibility index (Phi) is 8.47. The van der Waals surface area contributed by atoms with Gasteiger partial charge in [0.05, 0.1) is 6.54 Å². The summed E-state index contributed by atoms with van der Waals surface area (Å²) in [5.41, 5.74) is -0.470. The smallest absolute Gasteiger partial charge is 0.246 e. The lowest BCUT2D eigenvalue weighted by Crippen LogP contribution is -2.56. The van der Waals surface area contributed by atoms with Crippen LogP contribution in [0.3, 0.4) is 0 Å². The first-order valence-corrected chi connectivity index (χ1v) is 9.67. The van der Waals surface area contributed by atoms with Crippen molar-refractivity contribution in [2.24, 2.45) is 11.3 Å². The minimum Gasteiger partial charge on any atom is -0.352 e. The molecule has 0 aromatic carbocycles. The predicted molar refractivity (Wildman–Crippen MR) is 104 cm³/mol. The molecule has 0 spiro atoms. The summed E-state index contributed by atoms with van der Waals surface area (Å²) in [5.74, 6) is -0.837. The summed E-state index contributed by atoms with van der Waals surface area (Å²) < 4.78 is 0. The van der Waals surface area contributed by atoms with Gasteiger partial charge >= 0.3 is 0 Å². The van der Waals surface area contributed by atoms with Gasteiger partial charge in [-0.1, -0.05) is 40.7 Å². The van der Waals surface area contributed by atoms with Crippen molar-refractivity contribution in [3.63, 3.8) is 0 Å². The predicted octanol–water partition coefficient (Wildman–Crippen LogP) is 2.35. The van der Waals surface area contributed by atoms with Gasteiger partial charge in [0, 0.05) is 25.4 Å². The van der Waals surface area contributed by atoms with Crippen molar-refractivity contribution >= 4 is 17.7 Å². The number of carbonyl (C=O) groups excluding carboxylic acids is 3. The standard InChI is InChI=1S/C20H35N3O4/c1-7-12-22(16(24)10-11-17(25)23(27)13-14(2)3)18(20(4,5)6)19(26)21-15-8-9-15/h7,14-15,18,27H,1,8-13H2,2-6H3,(H,21,26). The van der Waals surface area contributed by atoms with E-state index in [9.17, 15) is 19.6 Å². The highest BCUT2D eigenvalue weighted by atomic mass is 16.5. The van der Waals surface area contributed by atoms with E-state index in [0.717, 1.165) is 12.8 Å². The molecule has 0 radical (unpaired) electrons. The first-order chi connectivity index (χ1) is 12.5. The van der Waals surface area contributed by atoms with Crippen LogP contribution < -0.4 is 5.32 Å². The maximum absolute atomic E-state index is 12.8. The summed E-state index contributed by atoms with van der Waals surface area (Å²) in [6.45, 7) is 13.7. The quantitative estimate of drug-likeness (QED) is 0.345. The highest BCUT2D eigenvalue weighted by molar-refractivity contribution is 5.90. The lowest BCUT2D eigenvalue weighted by Gasteiger charge is -2.38. The molecule has 2 N–H and O–H groups in total. The molecule has 0 aliphatic heterocycles. The lowest BCUT2D eigenvalue weighted by molar-refractivity contribution is -0.168. The minimum atomic E-state index is -0.653. The highest BCUT2D eigenvalue weighted by Gasteiger charge is 2.40. The van der Waals surface area contributed by atoms with Crippen molar-refractivity contribution in [1.29, 1.82) is 0 Å². The van der Waals surface area contributed by atoms with Crippen LogP contribution in [0.1, 0.15) is 60.3 Å². The second-order valence-corrected chi connectivity index (χ2v) is 8.76. The molecule has 0 heterocycles. The molecule has 1 saturated carbocycles. The molecular formula is C20H35N3O4. The van der Waals surface area contributed by atoms with Gasteiger partial charge in [-0.2, -0.15) is 0 Å². The third-order valence-corrected chi connectivity index (χ3v) is 4.33. The topological polar surface area (TPSA) is 90.0 Å². The lowest BCUT2D eigenvalue weighted by atomic mass is 9.84. The van der Waals surface area contributed by atoms with Crippen LogP contribution in [0.5, 0.6) is 0 Å². The van der Waals surface area contributed by atoms with Crippen molar-refractivity contribution in [2.45, 2.75) is 72.4 Å². The molecule has 1 unspecified atom stereocenters. The monoisotopic (exact) mass is 381 g/mol. The second-order valence-electron chi connectivity index (χ2n) is 8.76. The fraction of sp³-hybridized carbons (Fsp3) is 0.750. The van der Waals surface area contributed by atoms with E-state index in [1.165, 1.54) is 4.90 Å². The zero-order valence-electron chi connectivity index (χ0n) is 17.3. The Morgan fingerprint density at radius 1 is 1.19 bits per heavy atom. The summed E-state index contributed by atoms with van der Waals surface area (Å²) in [5, 5.41) is 13.4. The van der Waals surface area contributed by atoms with Gasteiger partial charge in [-0.3, -0.25) is 19.6 Å². The number of hydrogen-bond acceptors (Lipinski definition) is 4. The molecule has 3 amide bonds. The first kappa shape index (κ1) is 23.1. The number of carbonyl (C=O) groups is 3. The maximum atomic E-state index is 12.8. The largest absolute Gasteiger partial charge is 0.352 e. The van der Waals surface area contributed by atoms with Crippen LogP contribution in [0.15, 0.2) is 12.7 Å². The van der Waals surface area contributed by atoms with Gasteiger partial charge in [0.25, 0.3) is 0 Å². The van der Waals surface area contributed by atoms with E-state index in [0.29, 0.717) is 5.06 Å². The van der Waals surface area contributed by atoms with Crippen LogP contribution in [0.4, 0.5) is 0 Å². The Bertz CT molecular complexity index is 550. The van der Waals surface area contributed by atoms with Crippen molar-refractivity contribution in [3.05, 3.63) is 12.7 Å². The number of hydroxylamine groups is 2. The number of hydrogen-bond donors (Lipinski definition) is 2. The van der Waals surface area contributed by atoms with Gasteiger partial charge in [0.15, 0.2) is 0 Å². The fourth-order valence-corrected chi connectivity index (χ4v) is 2.93. The molecule has 27 heavy (non-hydrogen) atoms. The summed E-state index contributed by atoms with van der Waals surface area (Å²) in [4.78, 5) is 39.1. The van der Waals surface area contributed by atoms with E-state index in [2.05, 4.69) is 11.9 Å². The normalized spacial score (nSPS) is 15.2. The molecule has 1 rings (SSSR count). The van der Waals surface area contributed by atoms with Crippen LogP contribution in [-0.2, 0) is 14.4 Å². The van der Waals surface area contributed by atoms with Gasteiger partial charge in [-0.05, 0) is 24.2 Å². The highest BCUT2D eigenvalue weighted by Crippen LogP contribution is 2.27. The minimum absolute atomic E-state index is 0.0644. The Labute approximate surface area is 162 Å². The van der Waals surface area contributed by atoms with E-state index in [4.69, 9.17) is 0 Å². The van der Waals surface area contributed by atoms with Crippen molar-refractivity contribution in [1.82, 2.24) is 15.3 Å². The maximum Gasteiger partial charge on any atom is 0.246 e. The van der Waals surface area contributed by atoms with E-state index in [-0.39, 0.29) is 49.7 Å². The number of nitrogens with zero attached hydrogens (tertiary/aromatic N) is 2.